The van der Waals surface area contributed by atoms with E-state index < -0.39 is 15.9 Å². The number of hydrogen-bond donors (Lipinski definition) is 1. The summed E-state index contributed by atoms with van der Waals surface area (Å²) in [6.07, 6.45) is 1.03. The van der Waals surface area contributed by atoms with Gasteiger partial charge < -0.3 is 4.42 Å². The van der Waals surface area contributed by atoms with E-state index in [1.54, 1.807) is 0 Å². The number of aromatic nitrogens is 2. The lowest BCUT2D eigenvalue weighted by molar-refractivity contribution is 0.102. The zero-order valence-corrected chi connectivity index (χ0v) is 17.4. The molecule has 0 bridgehead atoms. The summed E-state index contributed by atoms with van der Waals surface area (Å²) in [7, 11) is -3.57. The van der Waals surface area contributed by atoms with E-state index in [0.717, 1.165) is 6.42 Å². The van der Waals surface area contributed by atoms with Crippen LogP contribution in [0.3, 0.4) is 0 Å². The zero-order valence-electron chi connectivity index (χ0n) is 16.5. The Hall–Kier alpha value is -2.26. The smallest absolute Gasteiger partial charge is 0.322 e. The van der Waals surface area contributed by atoms with Crippen LogP contribution in [0.15, 0.2) is 33.6 Å². The molecule has 2 heterocycles. The number of carbonyl (C=O) groups is 1. The Morgan fingerprint density at radius 1 is 1.14 bits per heavy atom. The topological polar surface area (TPSA) is 105 Å². The van der Waals surface area contributed by atoms with Gasteiger partial charge in [-0.2, -0.15) is 4.31 Å². The number of benzene rings is 1. The first kappa shape index (κ1) is 20.5. The van der Waals surface area contributed by atoms with E-state index in [0.29, 0.717) is 36.4 Å². The second-order valence-electron chi connectivity index (χ2n) is 7.85. The van der Waals surface area contributed by atoms with Crippen molar-refractivity contribution in [2.24, 2.45) is 11.8 Å². The van der Waals surface area contributed by atoms with Crippen molar-refractivity contribution in [2.75, 3.05) is 18.4 Å². The minimum Gasteiger partial charge on any atom is -0.408 e. The van der Waals surface area contributed by atoms with Gasteiger partial charge in [-0.25, -0.2) is 8.42 Å². The van der Waals surface area contributed by atoms with Crippen LogP contribution in [0.5, 0.6) is 0 Å². The van der Waals surface area contributed by atoms with Crippen LogP contribution in [-0.2, 0) is 10.0 Å². The summed E-state index contributed by atoms with van der Waals surface area (Å²) in [6, 6.07) is 5.90. The van der Waals surface area contributed by atoms with Gasteiger partial charge in [-0.3, -0.25) is 10.1 Å². The Balaban J connectivity index is 1.72. The van der Waals surface area contributed by atoms with Gasteiger partial charge in [-0.1, -0.05) is 32.8 Å². The molecule has 28 heavy (non-hydrogen) atoms. The van der Waals surface area contributed by atoms with E-state index in [-0.39, 0.29) is 16.8 Å². The lowest BCUT2D eigenvalue weighted by Gasteiger charge is -2.34. The molecule has 1 saturated heterocycles. The maximum absolute atomic E-state index is 12.9. The van der Waals surface area contributed by atoms with Crippen LogP contribution in [0.25, 0.3) is 0 Å². The largest absolute Gasteiger partial charge is 0.408 e. The van der Waals surface area contributed by atoms with Crippen molar-refractivity contribution < 1.29 is 17.6 Å². The van der Waals surface area contributed by atoms with Gasteiger partial charge in [0.2, 0.25) is 15.9 Å². The lowest BCUT2D eigenvalue weighted by atomic mass is 9.94. The van der Waals surface area contributed by atoms with Gasteiger partial charge >= 0.3 is 6.01 Å². The molecular weight excluding hydrogens is 380 g/mol. The predicted octanol–water partition coefficient (Wildman–Crippen LogP) is 3.11. The summed E-state index contributed by atoms with van der Waals surface area (Å²) < 4.78 is 32.7. The number of anilines is 1. The van der Waals surface area contributed by atoms with Crippen LogP contribution < -0.4 is 5.32 Å². The molecule has 1 fully saturated rings. The highest BCUT2D eigenvalue weighted by molar-refractivity contribution is 7.89. The molecule has 2 unspecified atom stereocenters. The fourth-order valence-electron chi connectivity index (χ4n) is 3.42. The molecule has 1 amide bonds. The first-order valence-electron chi connectivity index (χ1n) is 9.41. The second-order valence-corrected chi connectivity index (χ2v) is 9.78. The van der Waals surface area contributed by atoms with E-state index >= 15 is 0 Å². The van der Waals surface area contributed by atoms with Crippen LogP contribution in [0.2, 0.25) is 0 Å². The van der Waals surface area contributed by atoms with Gasteiger partial charge in [0, 0.05) is 24.6 Å². The van der Waals surface area contributed by atoms with Gasteiger partial charge in [0.25, 0.3) is 5.91 Å². The molecule has 3 rings (SSSR count). The Bertz CT molecular complexity index is 927. The highest BCUT2D eigenvalue weighted by Crippen LogP contribution is 2.27. The van der Waals surface area contributed by atoms with E-state index in [9.17, 15) is 13.2 Å². The summed E-state index contributed by atoms with van der Waals surface area (Å²) in [5, 5.41) is 10.2. The number of hydrogen-bond acceptors (Lipinski definition) is 6. The summed E-state index contributed by atoms with van der Waals surface area (Å²) in [5.74, 6) is 0.704. The van der Waals surface area contributed by atoms with Gasteiger partial charge in [-0.15, -0.1) is 5.10 Å². The molecule has 1 aromatic carbocycles. The monoisotopic (exact) mass is 406 g/mol. The summed E-state index contributed by atoms with van der Waals surface area (Å²) >= 11 is 0. The standard InChI is InChI=1S/C19H26N4O4S/c1-12(2)18-21-22-19(27-18)20-17(24)15-5-7-16(8-6-15)28(25,26)23-10-13(3)9-14(4)11-23/h5-8,12-14H,9-11H2,1-4H3,(H,20,22,24). The lowest BCUT2D eigenvalue weighted by Crippen LogP contribution is -2.42. The van der Waals surface area contributed by atoms with Gasteiger partial charge in [0.1, 0.15) is 0 Å². The molecule has 1 aliphatic heterocycles. The SMILES string of the molecule is CC1CC(C)CN(S(=O)(=O)c2ccc(C(=O)Nc3nnc(C(C)C)o3)cc2)C1. The number of nitrogens with one attached hydrogen (secondary N) is 1. The first-order chi connectivity index (χ1) is 13.2. The van der Waals surface area contributed by atoms with E-state index in [1.165, 1.54) is 28.6 Å². The third-order valence-electron chi connectivity index (χ3n) is 4.74. The van der Waals surface area contributed by atoms with E-state index in [1.807, 2.05) is 13.8 Å². The molecule has 8 nitrogen and oxygen atoms in total. The van der Waals surface area contributed by atoms with Crippen molar-refractivity contribution in [1.82, 2.24) is 14.5 Å². The molecule has 2 aromatic rings. The molecule has 1 aliphatic rings. The third kappa shape index (κ3) is 4.41. The fourth-order valence-corrected chi connectivity index (χ4v) is 5.10. The van der Waals surface area contributed by atoms with Crippen LogP contribution >= 0.6 is 0 Å². The summed E-state index contributed by atoms with van der Waals surface area (Å²) in [5.41, 5.74) is 0.309. The minimum atomic E-state index is -3.57. The van der Waals surface area contributed by atoms with Crippen LogP contribution in [0.4, 0.5) is 6.01 Å². The van der Waals surface area contributed by atoms with Crippen molar-refractivity contribution >= 4 is 21.9 Å². The van der Waals surface area contributed by atoms with E-state index in [4.69, 9.17) is 4.42 Å². The predicted molar refractivity (Wildman–Crippen MR) is 104 cm³/mol. The van der Waals surface area contributed by atoms with Crippen molar-refractivity contribution in [3.8, 4) is 0 Å². The fraction of sp³-hybridized carbons (Fsp3) is 0.526. The molecule has 0 radical (unpaired) electrons. The highest BCUT2D eigenvalue weighted by atomic mass is 32.2. The Labute approximate surface area is 165 Å². The maximum atomic E-state index is 12.9. The van der Waals surface area contributed by atoms with Crippen LogP contribution in [-0.4, -0.2) is 41.9 Å². The van der Waals surface area contributed by atoms with Crippen molar-refractivity contribution in [2.45, 2.75) is 44.9 Å². The molecule has 0 aliphatic carbocycles. The zero-order chi connectivity index (χ0) is 20.5. The minimum absolute atomic E-state index is 0.0155. The molecule has 0 spiro atoms. The molecule has 1 aromatic heterocycles. The first-order valence-corrected chi connectivity index (χ1v) is 10.9. The third-order valence-corrected chi connectivity index (χ3v) is 6.59. The van der Waals surface area contributed by atoms with Crippen LogP contribution in [0, 0.1) is 11.8 Å². The summed E-state index contributed by atoms with van der Waals surface area (Å²) in [4.78, 5) is 12.5. The molecule has 2 atom stereocenters. The number of amides is 1. The van der Waals surface area contributed by atoms with E-state index in [2.05, 4.69) is 29.4 Å². The molecule has 1 N–H and O–H groups in total. The molecule has 152 valence electrons. The molecule has 0 saturated carbocycles. The molecule has 9 heteroatoms. The van der Waals surface area contributed by atoms with Gasteiger partial charge in [0.15, 0.2) is 0 Å². The van der Waals surface area contributed by atoms with Gasteiger partial charge in [-0.05, 0) is 42.5 Å². The Kier molecular flexibility index (Phi) is 5.85. The molecular formula is C19H26N4O4S. The van der Waals surface area contributed by atoms with Crippen LogP contribution in [0.1, 0.15) is 56.3 Å². The summed E-state index contributed by atoms with van der Waals surface area (Å²) in [6.45, 7) is 8.97. The Morgan fingerprint density at radius 2 is 1.75 bits per heavy atom. The normalized spacial score (nSPS) is 21.0. The van der Waals surface area contributed by atoms with Crippen molar-refractivity contribution in [3.63, 3.8) is 0 Å². The number of sulfonamides is 1. The number of rotatable bonds is 5. The number of piperidine rings is 1. The number of carbonyl (C=O) groups excluding carboxylic acids is 1. The van der Waals surface area contributed by atoms with Gasteiger partial charge in [0.05, 0.1) is 4.90 Å². The van der Waals surface area contributed by atoms with Crippen molar-refractivity contribution in [1.29, 1.82) is 0 Å². The highest BCUT2D eigenvalue weighted by Gasteiger charge is 2.31. The Morgan fingerprint density at radius 3 is 2.29 bits per heavy atom. The average Bonchev–Trinajstić information content (AvgIpc) is 3.10. The second kappa shape index (κ2) is 8.00. The maximum Gasteiger partial charge on any atom is 0.322 e. The van der Waals surface area contributed by atoms with Crippen molar-refractivity contribution in [3.05, 3.63) is 35.7 Å². The number of nitrogens with zero attached hydrogens (tertiary/aromatic N) is 3. The quantitative estimate of drug-likeness (QED) is 0.818. The average molecular weight is 407 g/mol.